The zero-order valence-corrected chi connectivity index (χ0v) is 11.3. The second-order valence-electron chi connectivity index (χ2n) is 4.82. The molecule has 0 saturated carbocycles. The van der Waals surface area contributed by atoms with Crippen LogP contribution in [0.5, 0.6) is 0 Å². The Labute approximate surface area is 108 Å². The van der Waals surface area contributed by atoms with E-state index in [2.05, 4.69) is 4.72 Å². The van der Waals surface area contributed by atoms with Gasteiger partial charge >= 0.3 is 0 Å². The van der Waals surface area contributed by atoms with Gasteiger partial charge in [-0.05, 0) is 55.9 Å². The molecule has 4 nitrogen and oxygen atoms in total. The highest BCUT2D eigenvalue weighted by molar-refractivity contribution is 7.89. The van der Waals surface area contributed by atoms with Crippen LogP contribution in [0.15, 0.2) is 23.1 Å². The summed E-state index contributed by atoms with van der Waals surface area (Å²) in [7, 11) is -3.44. The molecule has 0 aromatic heterocycles. The van der Waals surface area contributed by atoms with E-state index in [9.17, 15) is 8.42 Å². The van der Waals surface area contributed by atoms with Gasteiger partial charge in [0.1, 0.15) is 0 Å². The molecule has 1 unspecified atom stereocenters. The van der Waals surface area contributed by atoms with Crippen molar-refractivity contribution in [2.24, 2.45) is 0 Å². The highest BCUT2D eigenvalue weighted by atomic mass is 32.2. The van der Waals surface area contributed by atoms with Crippen LogP contribution >= 0.6 is 0 Å². The van der Waals surface area contributed by atoms with E-state index in [0.29, 0.717) is 11.3 Å². The molecule has 0 spiro atoms. The Balaban J connectivity index is 2.10. The van der Waals surface area contributed by atoms with Crippen LogP contribution < -0.4 is 4.72 Å². The summed E-state index contributed by atoms with van der Waals surface area (Å²) in [5, 5.41) is 9.11. The van der Waals surface area contributed by atoms with E-state index in [1.165, 1.54) is 5.56 Å². The third-order valence-corrected chi connectivity index (χ3v) is 4.69. The molecular weight excluding hydrogens is 250 g/mol. The van der Waals surface area contributed by atoms with Gasteiger partial charge in [-0.15, -0.1) is 0 Å². The molecule has 0 heterocycles. The average molecular weight is 269 g/mol. The Hall–Kier alpha value is -0.910. The molecule has 5 heteroatoms. The van der Waals surface area contributed by atoms with Crippen molar-refractivity contribution in [2.75, 3.05) is 6.54 Å². The lowest BCUT2D eigenvalue weighted by molar-refractivity contribution is 0.186. The van der Waals surface area contributed by atoms with Crippen molar-refractivity contribution in [3.05, 3.63) is 29.3 Å². The first-order chi connectivity index (χ1) is 8.49. The molecule has 1 aromatic rings. The van der Waals surface area contributed by atoms with E-state index in [1.807, 2.05) is 6.07 Å². The van der Waals surface area contributed by atoms with Crippen LogP contribution in [0.25, 0.3) is 0 Å². The van der Waals surface area contributed by atoms with Crippen LogP contribution in [0.2, 0.25) is 0 Å². The Morgan fingerprint density at radius 2 is 2.06 bits per heavy atom. The smallest absolute Gasteiger partial charge is 0.240 e. The summed E-state index contributed by atoms with van der Waals surface area (Å²) in [6.45, 7) is 1.90. The molecule has 0 bridgehead atoms. The van der Waals surface area contributed by atoms with Gasteiger partial charge in [-0.3, -0.25) is 0 Å². The summed E-state index contributed by atoms with van der Waals surface area (Å²) in [4.78, 5) is 0.328. The fourth-order valence-electron chi connectivity index (χ4n) is 2.20. The molecule has 0 radical (unpaired) electrons. The van der Waals surface area contributed by atoms with E-state index in [4.69, 9.17) is 5.11 Å². The number of sulfonamides is 1. The highest BCUT2D eigenvalue weighted by Crippen LogP contribution is 2.24. The van der Waals surface area contributed by atoms with Crippen LogP contribution in [-0.4, -0.2) is 26.2 Å². The van der Waals surface area contributed by atoms with Gasteiger partial charge in [0.05, 0.1) is 11.0 Å². The fraction of sp³-hybridized carbons (Fsp3) is 0.538. The van der Waals surface area contributed by atoms with Crippen molar-refractivity contribution >= 4 is 10.0 Å². The van der Waals surface area contributed by atoms with Crippen molar-refractivity contribution in [3.8, 4) is 0 Å². The normalized spacial score (nSPS) is 16.6. The average Bonchev–Trinajstić information content (AvgIpc) is 2.74. The second kappa shape index (κ2) is 5.38. The Morgan fingerprint density at radius 1 is 1.33 bits per heavy atom. The van der Waals surface area contributed by atoms with Crippen LogP contribution in [-0.2, 0) is 22.9 Å². The molecule has 0 aliphatic heterocycles. The lowest BCUT2D eigenvalue weighted by Gasteiger charge is -2.09. The van der Waals surface area contributed by atoms with Crippen molar-refractivity contribution < 1.29 is 13.5 Å². The van der Waals surface area contributed by atoms with Crippen molar-refractivity contribution in [1.29, 1.82) is 0 Å². The Bertz CT molecular complexity index is 523. The van der Waals surface area contributed by atoms with Crippen LogP contribution in [0.3, 0.4) is 0 Å². The van der Waals surface area contributed by atoms with E-state index < -0.39 is 16.1 Å². The number of nitrogens with one attached hydrogen (secondary N) is 1. The maximum atomic E-state index is 12.0. The number of aliphatic hydroxyl groups excluding tert-OH is 1. The van der Waals surface area contributed by atoms with Gasteiger partial charge in [0.25, 0.3) is 0 Å². The number of rotatable bonds is 5. The first-order valence-corrected chi connectivity index (χ1v) is 7.77. The van der Waals surface area contributed by atoms with Crippen LogP contribution in [0.1, 0.15) is 30.9 Å². The minimum atomic E-state index is -3.44. The molecule has 100 valence electrons. The van der Waals surface area contributed by atoms with Crippen LogP contribution in [0, 0.1) is 0 Å². The molecule has 1 aliphatic rings. The minimum absolute atomic E-state index is 0.261. The molecule has 0 amide bonds. The van der Waals surface area contributed by atoms with Crippen molar-refractivity contribution in [3.63, 3.8) is 0 Å². The second-order valence-corrected chi connectivity index (χ2v) is 6.59. The van der Waals surface area contributed by atoms with E-state index >= 15 is 0 Å². The third kappa shape index (κ3) is 3.10. The quantitative estimate of drug-likeness (QED) is 0.844. The predicted octanol–water partition coefficient (Wildman–Crippen LogP) is 1.22. The SMILES string of the molecule is CC(O)CCNS(=O)(=O)c1ccc2c(c1)CCC2. The van der Waals surface area contributed by atoms with Crippen LogP contribution in [0.4, 0.5) is 0 Å². The van der Waals surface area contributed by atoms with E-state index in [0.717, 1.165) is 24.8 Å². The van der Waals surface area contributed by atoms with Gasteiger partial charge in [-0.1, -0.05) is 6.07 Å². The Kier molecular flexibility index (Phi) is 4.04. The zero-order valence-electron chi connectivity index (χ0n) is 10.5. The maximum Gasteiger partial charge on any atom is 0.240 e. The largest absolute Gasteiger partial charge is 0.393 e. The van der Waals surface area contributed by atoms with Crippen molar-refractivity contribution in [1.82, 2.24) is 4.72 Å². The number of hydrogen-bond acceptors (Lipinski definition) is 3. The number of fused-ring (bicyclic) bond motifs is 1. The van der Waals surface area contributed by atoms with Gasteiger partial charge in [0, 0.05) is 6.54 Å². The summed E-state index contributed by atoms with van der Waals surface area (Å²) in [6, 6.07) is 5.34. The summed E-state index contributed by atoms with van der Waals surface area (Å²) < 4.78 is 26.6. The molecule has 2 rings (SSSR count). The summed E-state index contributed by atoms with van der Waals surface area (Å²) >= 11 is 0. The topological polar surface area (TPSA) is 66.4 Å². The Morgan fingerprint density at radius 3 is 2.78 bits per heavy atom. The predicted molar refractivity (Wildman–Crippen MR) is 70.0 cm³/mol. The molecule has 0 saturated heterocycles. The molecule has 0 fully saturated rings. The van der Waals surface area contributed by atoms with Gasteiger partial charge in [-0.2, -0.15) is 0 Å². The maximum absolute atomic E-state index is 12.0. The molecular formula is C13H19NO3S. The molecule has 1 aliphatic carbocycles. The lowest BCUT2D eigenvalue weighted by atomic mass is 10.1. The molecule has 1 aromatic carbocycles. The standard InChI is InChI=1S/C13H19NO3S/c1-10(15)7-8-14-18(16,17)13-6-5-11-3-2-4-12(11)9-13/h5-6,9-10,14-15H,2-4,7-8H2,1H3. The summed E-state index contributed by atoms with van der Waals surface area (Å²) in [5.74, 6) is 0. The first kappa shape index (κ1) is 13.5. The van der Waals surface area contributed by atoms with E-state index in [1.54, 1.807) is 19.1 Å². The number of benzene rings is 1. The number of aryl methyl sites for hydroxylation is 2. The molecule has 18 heavy (non-hydrogen) atoms. The third-order valence-electron chi connectivity index (χ3n) is 3.23. The first-order valence-electron chi connectivity index (χ1n) is 6.28. The molecule has 1 atom stereocenters. The number of hydrogen-bond donors (Lipinski definition) is 2. The number of aliphatic hydroxyl groups is 1. The zero-order chi connectivity index (χ0) is 13.2. The fourth-order valence-corrected chi connectivity index (χ4v) is 3.30. The highest BCUT2D eigenvalue weighted by Gasteiger charge is 2.18. The van der Waals surface area contributed by atoms with E-state index in [-0.39, 0.29) is 6.54 Å². The minimum Gasteiger partial charge on any atom is -0.393 e. The lowest BCUT2D eigenvalue weighted by Crippen LogP contribution is -2.26. The summed E-state index contributed by atoms with van der Waals surface area (Å²) in [5.41, 5.74) is 2.41. The summed E-state index contributed by atoms with van der Waals surface area (Å²) in [6.07, 6.45) is 3.04. The monoisotopic (exact) mass is 269 g/mol. The van der Waals surface area contributed by atoms with Gasteiger partial charge < -0.3 is 5.11 Å². The molecule has 2 N–H and O–H groups in total. The van der Waals surface area contributed by atoms with Gasteiger partial charge in [-0.25, -0.2) is 13.1 Å². The van der Waals surface area contributed by atoms with Gasteiger partial charge in [0.2, 0.25) is 10.0 Å². The van der Waals surface area contributed by atoms with Crippen molar-refractivity contribution in [2.45, 2.75) is 43.6 Å². The van der Waals surface area contributed by atoms with Gasteiger partial charge in [0.15, 0.2) is 0 Å².